The predicted molar refractivity (Wildman–Crippen MR) is 79.3 cm³/mol. The second-order valence-corrected chi connectivity index (χ2v) is 5.39. The number of carbonyl (C=O) groups excluding carboxylic acids is 1. The fourth-order valence-corrected chi connectivity index (χ4v) is 2.77. The number of carbonyl (C=O) groups is 1. The van der Waals surface area contributed by atoms with Crippen molar-refractivity contribution in [1.29, 1.82) is 0 Å². The highest BCUT2D eigenvalue weighted by molar-refractivity contribution is 5.89. The Morgan fingerprint density at radius 1 is 1.42 bits per heavy atom. The van der Waals surface area contributed by atoms with Crippen LogP contribution < -0.4 is 16.4 Å². The summed E-state index contributed by atoms with van der Waals surface area (Å²) in [6.45, 7) is 4.34. The minimum Gasteiger partial charge on any atom is -0.382 e. The third kappa shape index (κ3) is 3.47. The van der Waals surface area contributed by atoms with Crippen molar-refractivity contribution in [2.45, 2.75) is 39.2 Å². The molecule has 0 radical (unpaired) electrons. The molecule has 1 aliphatic carbocycles. The van der Waals surface area contributed by atoms with E-state index in [2.05, 4.69) is 17.6 Å². The average Bonchev–Trinajstić information content (AvgIpc) is 2.80. The van der Waals surface area contributed by atoms with Gasteiger partial charge in [-0.3, -0.25) is 4.79 Å². The van der Waals surface area contributed by atoms with Crippen LogP contribution in [0, 0.1) is 12.8 Å². The minimum absolute atomic E-state index is 0.0458. The zero-order valence-electron chi connectivity index (χ0n) is 11.7. The first-order valence-corrected chi connectivity index (χ1v) is 6.95. The Morgan fingerprint density at radius 2 is 2.21 bits per heavy atom. The van der Waals surface area contributed by atoms with Gasteiger partial charge in [-0.2, -0.15) is 0 Å². The van der Waals surface area contributed by atoms with Crippen molar-refractivity contribution in [1.82, 2.24) is 0 Å². The van der Waals surface area contributed by atoms with Gasteiger partial charge in [0, 0.05) is 24.3 Å². The Balaban J connectivity index is 2.12. The predicted octanol–water partition coefficient (Wildman–Crippen LogP) is 2.49. The Bertz CT molecular complexity index is 459. The summed E-state index contributed by atoms with van der Waals surface area (Å²) in [5, 5.41) is 6.41. The molecule has 19 heavy (non-hydrogen) atoms. The summed E-state index contributed by atoms with van der Waals surface area (Å²) in [6.07, 6.45) is 3.62. The first-order chi connectivity index (χ1) is 9.10. The third-order valence-electron chi connectivity index (χ3n) is 3.86. The van der Waals surface area contributed by atoms with Gasteiger partial charge < -0.3 is 16.4 Å². The van der Waals surface area contributed by atoms with Crippen LogP contribution in [0.25, 0.3) is 0 Å². The van der Waals surface area contributed by atoms with Crippen LogP contribution >= 0.6 is 0 Å². The van der Waals surface area contributed by atoms with Crippen LogP contribution in [0.15, 0.2) is 18.2 Å². The van der Waals surface area contributed by atoms with Gasteiger partial charge in [-0.25, -0.2) is 0 Å². The van der Waals surface area contributed by atoms with Gasteiger partial charge in [-0.1, -0.05) is 12.5 Å². The van der Waals surface area contributed by atoms with Crippen LogP contribution in [0.1, 0.15) is 31.7 Å². The Labute approximate surface area is 114 Å². The van der Waals surface area contributed by atoms with Crippen LogP contribution in [-0.2, 0) is 4.79 Å². The lowest BCUT2D eigenvalue weighted by molar-refractivity contribution is -0.114. The number of aryl methyl sites for hydroxylation is 1. The topological polar surface area (TPSA) is 67.2 Å². The van der Waals surface area contributed by atoms with E-state index in [0.29, 0.717) is 12.0 Å². The molecule has 0 aliphatic heterocycles. The zero-order chi connectivity index (χ0) is 13.8. The van der Waals surface area contributed by atoms with Crippen LogP contribution in [0.3, 0.4) is 0 Å². The minimum atomic E-state index is -0.0458. The molecule has 0 spiro atoms. The van der Waals surface area contributed by atoms with E-state index in [1.165, 1.54) is 31.7 Å². The lowest BCUT2D eigenvalue weighted by Gasteiger charge is -2.22. The van der Waals surface area contributed by atoms with Crippen molar-refractivity contribution in [3.05, 3.63) is 23.8 Å². The SMILES string of the molecule is CC(=O)Nc1ccc(C)c(NC2CCCC2CN)c1. The van der Waals surface area contributed by atoms with Crippen molar-refractivity contribution >= 4 is 17.3 Å². The number of anilines is 2. The maximum atomic E-state index is 11.1. The van der Waals surface area contributed by atoms with Crippen molar-refractivity contribution < 1.29 is 4.79 Å². The standard InChI is InChI=1S/C15H23N3O/c1-10-6-7-13(17-11(2)19)8-15(10)18-14-5-3-4-12(14)9-16/h6-8,12,14,18H,3-5,9,16H2,1-2H3,(H,17,19). The molecule has 0 aromatic heterocycles. The number of amides is 1. The summed E-state index contributed by atoms with van der Waals surface area (Å²) in [5.41, 5.74) is 8.94. The van der Waals surface area contributed by atoms with Gasteiger partial charge in [0.1, 0.15) is 0 Å². The number of hydrogen-bond acceptors (Lipinski definition) is 3. The molecule has 1 aliphatic rings. The molecule has 2 rings (SSSR count). The Morgan fingerprint density at radius 3 is 2.89 bits per heavy atom. The molecule has 4 nitrogen and oxygen atoms in total. The van der Waals surface area contributed by atoms with E-state index in [1.54, 1.807) is 0 Å². The number of nitrogens with two attached hydrogens (primary N) is 1. The Hall–Kier alpha value is -1.55. The molecule has 0 saturated heterocycles. The molecule has 104 valence electrons. The molecule has 0 bridgehead atoms. The molecule has 0 heterocycles. The van der Waals surface area contributed by atoms with Crippen LogP contribution in [0.4, 0.5) is 11.4 Å². The molecule has 1 amide bonds. The monoisotopic (exact) mass is 261 g/mol. The summed E-state index contributed by atoms with van der Waals surface area (Å²) >= 11 is 0. The molecule has 1 aromatic carbocycles. The Kier molecular flexibility index (Phi) is 4.43. The summed E-state index contributed by atoms with van der Waals surface area (Å²) in [4.78, 5) is 11.1. The first kappa shape index (κ1) is 13.9. The molecule has 4 N–H and O–H groups in total. The number of benzene rings is 1. The summed E-state index contributed by atoms with van der Waals surface area (Å²) in [5.74, 6) is 0.513. The fourth-order valence-electron chi connectivity index (χ4n) is 2.77. The number of hydrogen-bond donors (Lipinski definition) is 3. The van der Waals surface area contributed by atoms with Crippen molar-refractivity contribution in [3.63, 3.8) is 0 Å². The molecule has 1 saturated carbocycles. The maximum absolute atomic E-state index is 11.1. The van der Waals surface area contributed by atoms with Gasteiger partial charge in [0.25, 0.3) is 0 Å². The van der Waals surface area contributed by atoms with Crippen LogP contribution in [-0.4, -0.2) is 18.5 Å². The zero-order valence-corrected chi connectivity index (χ0v) is 11.7. The average molecular weight is 261 g/mol. The van der Waals surface area contributed by atoms with E-state index in [1.807, 2.05) is 18.2 Å². The lowest BCUT2D eigenvalue weighted by atomic mass is 10.0. The largest absolute Gasteiger partial charge is 0.382 e. The molecule has 2 unspecified atom stereocenters. The summed E-state index contributed by atoms with van der Waals surface area (Å²) < 4.78 is 0. The van der Waals surface area contributed by atoms with Gasteiger partial charge in [-0.05, 0) is 49.9 Å². The highest BCUT2D eigenvalue weighted by Crippen LogP contribution is 2.30. The smallest absolute Gasteiger partial charge is 0.221 e. The van der Waals surface area contributed by atoms with E-state index in [9.17, 15) is 4.79 Å². The molecular weight excluding hydrogens is 238 g/mol. The third-order valence-corrected chi connectivity index (χ3v) is 3.86. The van der Waals surface area contributed by atoms with Crippen molar-refractivity contribution in [2.24, 2.45) is 11.7 Å². The lowest BCUT2D eigenvalue weighted by Crippen LogP contribution is -2.29. The highest BCUT2D eigenvalue weighted by Gasteiger charge is 2.26. The van der Waals surface area contributed by atoms with Crippen molar-refractivity contribution in [2.75, 3.05) is 17.2 Å². The summed E-state index contributed by atoms with van der Waals surface area (Å²) in [6, 6.07) is 6.41. The van der Waals surface area contributed by atoms with Gasteiger partial charge in [0.05, 0.1) is 0 Å². The van der Waals surface area contributed by atoms with E-state index in [4.69, 9.17) is 5.73 Å². The summed E-state index contributed by atoms with van der Waals surface area (Å²) in [7, 11) is 0. The van der Waals surface area contributed by atoms with Gasteiger partial charge >= 0.3 is 0 Å². The molecule has 1 fully saturated rings. The van der Waals surface area contributed by atoms with E-state index < -0.39 is 0 Å². The second-order valence-electron chi connectivity index (χ2n) is 5.39. The quantitative estimate of drug-likeness (QED) is 0.780. The van der Waals surface area contributed by atoms with Crippen LogP contribution in [0.5, 0.6) is 0 Å². The van der Waals surface area contributed by atoms with Crippen molar-refractivity contribution in [3.8, 4) is 0 Å². The molecule has 1 aromatic rings. The van der Waals surface area contributed by atoms with Gasteiger partial charge in [-0.15, -0.1) is 0 Å². The molecule has 2 atom stereocenters. The number of nitrogens with one attached hydrogen (secondary N) is 2. The van der Waals surface area contributed by atoms with E-state index in [0.717, 1.165) is 17.9 Å². The number of rotatable bonds is 4. The van der Waals surface area contributed by atoms with Gasteiger partial charge in [0.2, 0.25) is 5.91 Å². The van der Waals surface area contributed by atoms with E-state index >= 15 is 0 Å². The first-order valence-electron chi connectivity index (χ1n) is 6.95. The van der Waals surface area contributed by atoms with E-state index in [-0.39, 0.29) is 5.91 Å². The maximum Gasteiger partial charge on any atom is 0.221 e. The normalized spacial score (nSPS) is 22.3. The molecule has 4 heteroatoms. The second kappa shape index (κ2) is 6.06. The highest BCUT2D eigenvalue weighted by atomic mass is 16.1. The molecular formula is C15H23N3O. The van der Waals surface area contributed by atoms with Gasteiger partial charge in [0.15, 0.2) is 0 Å². The van der Waals surface area contributed by atoms with Crippen LogP contribution in [0.2, 0.25) is 0 Å². The fraction of sp³-hybridized carbons (Fsp3) is 0.533.